The summed E-state index contributed by atoms with van der Waals surface area (Å²) in [6.07, 6.45) is -0.443. The minimum Gasteiger partial charge on any atom is -0.457 e. The SMILES string of the molecule is O=C(NC1N=C(c2ccccc2)c2cc(COC(=O)c3ccccc3)cc3c2N(CC3)C1=O)c1ccccc1. The maximum absolute atomic E-state index is 13.7. The molecule has 4 aromatic rings. The number of benzene rings is 4. The Kier molecular flexibility index (Phi) is 6.47. The van der Waals surface area contributed by atoms with E-state index in [2.05, 4.69) is 5.32 Å². The van der Waals surface area contributed by atoms with Crippen molar-refractivity contribution >= 4 is 29.2 Å². The first-order chi connectivity index (χ1) is 19.1. The Morgan fingerprint density at radius 1 is 0.872 bits per heavy atom. The van der Waals surface area contributed by atoms with Crippen molar-refractivity contribution in [3.8, 4) is 0 Å². The highest BCUT2D eigenvalue weighted by Crippen LogP contribution is 2.37. The quantitative estimate of drug-likeness (QED) is 0.382. The summed E-state index contributed by atoms with van der Waals surface area (Å²) in [4.78, 5) is 45.8. The number of ether oxygens (including phenoxy) is 1. The molecule has 0 fully saturated rings. The van der Waals surface area contributed by atoms with E-state index in [1.807, 2.05) is 54.6 Å². The molecule has 0 spiro atoms. The third kappa shape index (κ3) is 4.82. The minimum absolute atomic E-state index is 0.0815. The molecule has 2 amide bonds. The lowest BCUT2D eigenvalue weighted by Gasteiger charge is -2.21. The molecule has 1 atom stereocenters. The van der Waals surface area contributed by atoms with Crippen LogP contribution in [0.3, 0.4) is 0 Å². The molecule has 1 unspecified atom stereocenters. The first-order valence-electron chi connectivity index (χ1n) is 12.8. The van der Waals surface area contributed by atoms with Gasteiger partial charge in [-0.2, -0.15) is 0 Å². The second-order valence-electron chi connectivity index (χ2n) is 9.42. The average molecular weight is 516 g/mol. The molecule has 0 bridgehead atoms. The van der Waals surface area contributed by atoms with Crippen molar-refractivity contribution in [2.75, 3.05) is 11.4 Å². The summed E-state index contributed by atoms with van der Waals surface area (Å²) in [5, 5.41) is 2.83. The predicted molar refractivity (Wildman–Crippen MR) is 148 cm³/mol. The molecular weight excluding hydrogens is 490 g/mol. The lowest BCUT2D eigenvalue weighted by Crippen LogP contribution is -2.46. The number of aliphatic imine (C=N–C) groups is 1. The van der Waals surface area contributed by atoms with E-state index in [0.29, 0.717) is 29.8 Å². The van der Waals surface area contributed by atoms with Crippen molar-refractivity contribution in [3.63, 3.8) is 0 Å². The van der Waals surface area contributed by atoms with Crippen LogP contribution in [-0.4, -0.2) is 36.2 Å². The molecule has 0 saturated heterocycles. The van der Waals surface area contributed by atoms with Gasteiger partial charge in [-0.3, -0.25) is 9.59 Å². The van der Waals surface area contributed by atoms with Gasteiger partial charge in [0, 0.05) is 23.2 Å². The molecule has 7 heteroatoms. The van der Waals surface area contributed by atoms with E-state index in [1.54, 1.807) is 53.4 Å². The van der Waals surface area contributed by atoms with Crippen LogP contribution in [0.15, 0.2) is 108 Å². The first kappa shape index (κ1) is 24.3. The fraction of sp³-hybridized carbons (Fsp3) is 0.125. The number of amides is 2. The van der Waals surface area contributed by atoms with Crippen molar-refractivity contribution in [2.24, 2.45) is 4.99 Å². The molecule has 7 nitrogen and oxygen atoms in total. The maximum Gasteiger partial charge on any atom is 0.338 e. The third-order valence-electron chi connectivity index (χ3n) is 6.87. The fourth-order valence-electron chi connectivity index (χ4n) is 5.02. The van der Waals surface area contributed by atoms with Crippen LogP contribution >= 0.6 is 0 Å². The van der Waals surface area contributed by atoms with Gasteiger partial charge in [-0.05, 0) is 47.9 Å². The second-order valence-corrected chi connectivity index (χ2v) is 9.42. The first-order valence-corrected chi connectivity index (χ1v) is 12.8. The van der Waals surface area contributed by atoms with Gasteiger partial charge in [0.25, 0.3) is 11.8 Å². The molecular formula is C32H25N3O4. The van der Waals surface area contributed by atoms with Gasteiger partial charge in [-0.15, -0.1) is 0 Å². The summed E-state index contributed by atoms with van der Waals surface area (Å²) in [7, 11) is 0. The number of esters is 1. The Bertz CT molecular complexity index is 1580. The number of nitrogens with one attached hydrogen (secondary N) is 1. The number of anilines is 1. The summed E-state index contributed by atoms with van der Waals surface area (Å²) in [6, 6.07) is 31.1. The van der Waals surface area contributed by atoms with Gasteiger partial charge in [0.1, 0.15) is 6.61 Å². The Morgan fingerprint density at radius 2 is 1.51 bits per heavy atom. The molecule has 2 aliphatic rings. The van der Waals surface area contributed by atoms with Gasteiger partial charge in [-0.1, -0.05) is 72.8 Å². The average Bonchev–Trinajstić information content (AvgIpc) is 3.38. The topological polar surface area (TPSA) is 88.1 Å². The highest BCUT2D eigenvalue weighted by Gasteiger charge is 2.37. The van der Waals surface area contributed by atoms with Crippen molar-refractivity contribution in [3.05, 3.63) is 137 Å². The molecule has 192 valence electrons. The molecule has 0 aliphatic carbocycles. The number of carbonyl (C=O) groups is 3. The standard InChI is InChI=1S/C32H25N3O4/c36-30(23-12-6-2-7-13-23)34-29-31(37)35-17-16-25-18-21(20-39-32(38)24-14-8-3-9-15-24)19-26(28(25)35)27(33-29)22-10-4-1-5-11-22/h1-15,18-19,29H,16-17,20H2,(H,34,36). The molecule has 0 aromatic heterocycles. The van der Waals surface area contributed by atoms with Crippen LogP contribution in [0.25, 0.3) is 0 Å². The van der Waals surface area contributed by atoms with Crippen LogP contribution in [0.2, 0.25) is 0 Å². The van der Waals surface area contributed by atoms with Crippen LogP contribution in [0, 0.1) is 0 Å². The van der Waals surface area contributed by atoms with Crippen molar-refractivity contribution in [2.45, 2.75) is 19.2 Å². The summed E-state index contributed by atoms with van der Waals surface area (Å²) < 4.78 is 5.62. The highest BCUT2D eigenvalue weighted by molar-refractivity contribution is 6.21. The lowest BCUT2D eigenvalue weighted by atomic mass is 9.95. The Morgan fingerprint density at radius 3 is 2.21 bits per heavy atom. The Labute approximate surface area is 225 Å². The van der Waals surface area contributed by atoms with E-state index >= 15 is 0 Å². The second kappa shape index (κ2) is 10.4. The minimum atomic E-state index is -1.09. The zero-order valence-electron chi connectivity index (χ0n) is 21.0. The normalized spacial score (nSPS) is 15.7. The Hall–Kier alpha value is -5.04. The number of hydrogen-bond acceptors (Lipinski definition) is 5. The van der Waals surface area contributed by atoms with Crippen molar-refractivity contribution in [1.82, 2.24) is 5.32 Å². The summed E-state index contributed by atoms with van der Waals surface area (Å²) in [5.74, 6) is -1.06. The lowest BCUT2D eigenvalue weighted by molar-refractivity contribution is -0.120. The van der Waals surface area contributed by atoms with E-state index in [4.69, 9.17) is 9.73 Å². The Balaban J connectivity index is 1.38. The molecule has 39 heavy (non-hydrogen) atoms. The van der Waals surface area contributed by atoms with Crippen LogP contribution in [-0.2, 0) is 22.6 Å². The van der Waals surface area contributed by atoms with E-state index < -0.39 is 12.1 Å². The van der Waals surface area contributed by atoms with Crippen LogP contribution in [0.5, 0.6) is 0 Å². The van der Waals surface area contributed by atoms with Crippen LogP contribution < -0.4 is 10.2 Å². The largest absolute Gasteiger partial charge is 0.457 e. The van der Waals surface area contributed by atoms with E-state index in [1.165, 1.54) is 0 Å². The summed E-state index contributed by atoms with van der Waals surface area (Å²) in [6.45, 7) is 0.557. The molecule has 0 radical (unpaired) electrons. The maximum atomic E-state index is 13.7. The number of rotatable bonds is 6. The highest BCUT2D eigenvalue weighted by atomic mass is 16.5. The zero-order valence-corrected chi connectivity index (χ0v) is 21.0. The molecule has 4 aromatic carbocycles. The number of nitrogens with zero attached hydrogens (tertiary/aromatic N) is 2. The van der Waals surface area contributed by atoms with Gasteiger partial charge in [0.2, 0.25) is 6.17 Å². The van der Waals surface area contributed by atoms with Gasteiger partial charge in [0.05, 0.1) is 17.0 Å². The monoisotopic (exact) mass is 515 g/mol. The van der Waals surface area contributed by atoms with Gasteiger partial charge >= 0.3 is 5.97 Å². The summed E-state index contributed by atoms with van der Waals surface area (Å²) in [5.41, 5.74) is 5.69. The van der Waals surface area contributed by atoms with Gasteiger partial charge in [-0.25, -0.2) is 9.79 Å². The smallest absolute Gasteiger partial charge is 0.338 e. The molecule has 2 aliphatic heterocycles. The number of hydrogen-bond donors (Lipinski definition) is 1. The van der Waals surface area contributed by atoms with E-state index in [-0.39, 0.29) is 18.4 Å². The van der Waals surface area contributed by atoms with Crippen molar-refractivity contribution in [1.29, 1.82) is 0 Å². The fourth-order valence-corrected chi connectivity index (χ4v) is 5.02. The third-order valence-corrected chi connectivity index (χ3v) is 6.87. The summed E-state index contributed by atoms with van der Waals surface area (Å²) >= 11 is 0. The molecule has 6 rings (SSSR count). The van der Waals surface area contributed by atoms with E-state index in [9.17, 15) is 14.4 Å². The predicted octanol–water partition coefficient (Wildman–Crippen LogP) is 4.54. The molecule has 2 heterocycles. The molecule has 1 N–H and O–H groups in total. The van der Waals surface area contributed by atoms with Gasteiger partial charge < -0.3 is 15.0 Å². The van der Waals surface area contributed by atoms with Gasteiger partial charge in [0.15, 0.2) is 0 Å². The number of carbonyl (C=O) groups excluding carboxylic acids is 3. The van der Waals surface area contributed by atoms with Crippen LogP contribution in [0.4, 0.5) is 5.69 Å². The zero-order chi connectivity index (χ0) is 26.8. The van der Waals surface area contributed by atoms with E-state index in [0.717, 1.165) is 27.9 Å². The van der Waals surface area contributed by atoms with Crippen molar-refractivity contribution < 1.29 is 19.1 Å². The van der Waals surface area contributed by atoms with Crippen LogP contribution in [0.1, 0.15) is 43.0 Å². The molecule has 0 saturated carbocycles.